The molecule has 2 aliphatic carbocycles. The molecule has 12 heteroatoms. The molecule has 3 aromatic rings. The molecule has 3 atom stereocenters. The average Bonchev–Trinajstić information content (AvgIpc) is 3.65. The lowest BCUT2D eigenvalue weighted by atomic mass is 9.78. The Kier molecular flexibility index (Phi) is 9.60. The number of hydrogen-bond donors (Lipinski definition) is 2. The van der Waals surface area contributed by atoms with E-state index in [0.717, 1.165) is 99.1 Å². The third kappa shape index (κ3) is 7.11. The Bertz CT molecular complexity index is 1520. The first kappa shape index (κ1) is 31.6. The van der Waals surface area contributed by atoms with Crippen LogP contribution >= 0.6 is 11.3 Å². The quantitative estimate of drug-likeness (QED) is 0.350. The van der Waals surface area contributed by atoms with Crippen LogP contribution in [0, 0.1) is 11.8 Å². The molecule has 2 saturated heterocycles. The molecular formula is C34H44N6O5S. The second-order valence-corrected chi connectivity index (χ2v) is 14.5. The van der Waals surface area contributed by atoms with Crippen molar-refractivity contribution in [3.05, 3.63) is 36.4 Å². The topological polar surface area (TPSA) is 130 Å². The number of nitrogens with one attached hydrogen (secondary N) is 1. The van der Waals surface area contributed by atoms with Gasteiger partial charge < -0.3 is 24.8 Å². The van der Waals surface area contributed by atoms with Crippen molar-refractivity contribution in [3.8, 4) is 11.1 Å². The largest absolute Gasteiger partial charge is 0.390 e. The highest BCUT2D eigenvalue weighted by molar-refractivity contribution is 7.22. The van der Waals surface area contributed by atoms with Crippen LogP contribution in [0.25, 0.3) is 21.3 Å². The van der Waals surface area contributed by atoms with Crippen LogP contribution in [0.5, 0.6) is 0 Å². The Morgan fingerprint density at radius 1 is 1.09 bits per heavy atom. The molecule has 0 spiro atoms. The number of benzene rings is 1. The van der Waals surface area contributed by atoms with Crippen molar-refractivity contribution in [1.29, 1.82) is 0 Å². The molecule has 2 saturated carbocycles. The van der Waals surface area contributed by atoms with Crippen LogP contribution in [0.3, 0.4) is 0 Å². The van der Waals surface area contributed by atoms with Crippen LogP contribution in [0.4, 0.5) is 5.13 Å². The van der Waals surface area contributed by atoms with E-state index < -0.39 is 6.10 Å². The molecule has 46 heavy (non-hydrogen) atoms. The maximum atomic E-state index is 13.1. The number of fused-ring (bicyclic) bond motifs is 1. The van der Waals surface area contributed by atoms with Crippen LogP contribution < -0.4 is 5.32 Å². The second kappa shape index (κ2) is 14.0. The van der Waals surface area contributed by atoms with Gasteiger partial charge in [-0.2, -0.15) is 0 Å². The number of piperazine rings is 1. The van der Waals surface area contributed by atoms with E-state index in [1.165, 1.54) is 11.3 Å². The fourth-order valence-corrected chi connectivity index (χ4v) is 8.27. The molecular weight excluding hydrogens is 604 g/mol. The number of anilines is 1. The Labute approximate surface area is 273 Å². The van der Waals surface area contributed by atoms with Gasteiger partial charge in [-0.25, -0.2) is 15.0 Å². The van der Waals surface area contributed by atoms with E-state index in [4.69, 9.17) is 9.47 Å². The van der Waals surface area contributed by atoms with Crippen molar-refractivity contribution in [2.75, 3.05) is 38.2 Å². The summed E-state index contributed by atoms with van der Waals surface area (Å²) in [7, 11) is 0. The minimum Gasteiger partial charge on any atom is -0.390 e. The second-order valence-electron chi connectivity index (χ2n) is 13.4. The third-order valence-electron chi connectivity index (χ3n) is 10.3. The number of nitrogens with zero attached hydrogens (tertiary/aromatic N) is 5. The first-order valence-electron chi connectivity index (χ1n) is 16.8. The first-order valence-corrected chi connectivity index (χ1v) is 17.6. The zero-order valence-electron chi connectivity index (χ0n) is 26.5. The van der Waals surface area contributed by atoms with Gasteiger partial charge in [0.25, 0.3) is 0 Å². The molecule has 4 fully saturated rings. The number of thiazole rings is 1. The summed E-state index contributed by atoms with van der Waals surface area (Å²) < 4.78 is 12.2. The molecule has 0 radical (unpaired) electrons. The van der Waals surface area contributed by atoms with Gasteiger partial charge in [-0.3, -0.25) is 14.5 Å². The van der Waals surface area contributed by atoms with E-state index in [-0.39, 0.29) is 30.4 Å². The van der Waals surface area contributed by atoms with Gasteiger partial charge in [0.1, 0.15) is 6.61 Å². The Hall–Kier alpha value is -3.03. The van der Waals surface area contributed by atoms with E-state index in [0.29, 0.717) is 35.4 Å². The van der Waals surface area contributed by atoms with Gasteiger partial charge >= 0.3 is 0 Å². The molecule has 7 rings (SSSR count). The van der Waals surface area contributed by atoms with Crippen molar-refractivity contribution >= 4 is 38.5 Å². The van der Waals surface area contributed by atoms with Gasteiger partial charge in [0.15, 0.2) is 11.0 Å². The minimum absolute atomic E-state index is 0.0236. The number of aliphatic hydroxyl groups is 1. The lowest BCUT2D eigenvalue weighted by molar-refractivity contribution is -0.137. The van der Waals surface area contributed by atoms with Crippen molar-refractivity contribution in [1.82, 2.24) is 24.8 Å². The molecule has 2 amide bonds. The van der Waals surface area contributed by atoms with E-state index in [1.807, 2.05) is 17.0 Å². The highest BCUT2D eigenvalue weighted by Crippen LogP contribution is 2.36. The Balaban J connectivity index is 0.880. The number of rotatable bonds is 9. The molecule has 11 nitrogen and oxygen atoms in total. The number of aromatic nitrogens is 3. The molecule has 2 aliphatic heterocycles. The number of carbonyl (C=O) groups is 2. The zero-order valence-corrected chi connectivity index (χ0v) is 27.3. The molecule has 1 aromatic carbocycles. The highest BCUT2D eigenvalue weighted by Gasteiger charge is 2.41. The van der Waals surface area contributed by atoms with Gasteiger partial charge in [-0.1, -0.05) is 17.4 Å². The monoisotopic (exact) mass is 648 g/mol. The van der Waals surface area contributed by atoms with E-state index >= 15 is 0 Å². The fourth-order valence-electron chi connectivity index (χ4n) is 7.37. The number of amides is 2. The molecule has 4 aliphatic rings. The average molecular weight is 649 g/mol. The first-order chi connectivity index (χ1) is 22.4. The lowest BCUT2D eigenvalue weighted by Crippen LogP contribution is -2.60. The van der Waals surface area contributed by atoms with Crippen molar-refractivity contribution in [3.63, 3.8) is 0 Å². The van der Waals surface area contributed by atoms with Crippen LogP contribution in [0.2, 0.25) is 0 Å². The van der Waals surface area contributed by atoms with Gasteiger partial charge in [0.05, 0.1) is 22.4 Å². The van der Waals surface area contributed by atoms with Crippen LogP contribution in [-0.2, 0) is 25.7 Å². The summed E-state index contributed by atoms with van der Waals surface area (Å²) in [5.74, 6) is 1.34. The number of aliphatic hydroxyl groups excluding tert-OH is 1. The van der Waals surface area contributed by atoms with Gasteiger partial charge in [0.2, 0.25) is 11.8 Å². The highest BCUT2D eigenvalue weighted by atomic mass is 32.1. The smallest absolute Gasteiger partial charge is 0.229 e. The van der Waals surface area contributed by atoms with E-state index in [2.05, 4.69) is 38.2 Å². The Morgan fingerprint density at radius 3 is 2.63 bits per heavy atom. The summed E-state index contributed by atoms with van der Waals surface area (Å²) in [6, 6.07) is 6.69. The summed E-state index contributed by atoms with van der Waals surface area (Å²) in [6.45, 7) is 6.43. The summed E-state index contributed by atoms with van der Waals surface area (Å²) in [6.07, 6.45) is 9.98. The summed E-state index contributed by atoms with van der Waals surface area (Å²) in [5, 5.41) is 13.6. The number of ether oxygens (including phenoxy) is 2. The zero-order chi connectivity index (χ0) is 31.6. The number of carbonyl (C=O) groups excluding carboxylic acids is 2. The molecule has 0 bridgehead atoms. The Morgan fingerprint density at radius 2 is 1.89 bits per heavy atom. The van der Waals surface area contributed by atoms with Crippen molar-refractivity contribution < 1.29 is 24.2 Å². The van der Waals surface area contributed by atoms with Crippen molar-refractivity contribution in [2.24, 2.45) is 11.8 Å². The maximum absolute atomic E-state index is 13.1. The summed E-state index contributed by atoms with van der Waals surface area (Å²) in [4.78, 5) is 44.2. The van der Waals surface area contributed by atoms with Crippen LogP contribution in [-0.4, -0.2) is 98.8 Å². The third-order valence-corrected chi connectivity index (χ3v) is 11.2. The van der Waals surface area contributed by atoms with Gasteiger partial charge in [-0.15, -0.1) is 0 Å². The van der Waals surface area contributed by atoms with Crippen LogP contribution in [0.1, 0.15) is 64.1 Å². The summed E-state index contributed by atoms with van der Waals surface area (Å²) >= 11 is 1.47. The van der Waals surface area contributed by atoms with Gasteiger partial charge in [0, 0.05) is 75.2 Å². The van der Waals surface area contributed by atoms with Gasteiger partial charge in [-0.05, 0) is 75.5 Å². The van der Waals surface area contributed by atoms with E-state index in [9.17, 15) is 14.7 Å². The molecule has 2 N–H and O–H groups in total. The normalized spacial score (nSPS) is 27.5. The molecule has 246 valence electrons. The predicted octanol–water partition coefficient (Wildman–Crippen LogP) is 4.25. The van der Waals surface area contributed by atoms with E-state index in [1.54, 1.807) is 12.4 Å². The number of hydrogen-bond acceptors (Lipinski definition) is 10. The predicted molar refractivity (Wildman–Crippen MR) is 175 cm³/mol. The molecule has 0 unspecified atom stereocenters. The van der Waals surface area contributed by atoms with Crippen LogP contribution in [0.15, 0.2) is 30.6 Å². The SMILES string of the molecule is C[C@H]1CN(C(=O)CC2CCOCC2)CCN1[C@H]1C[C@@H](C(=O)Nc2nc3ccc(-c4cnc(CO[C@H]5CCC[C@@H]5O)nc4)cc3s2)C1. The fraction of sp³-hybridized carbons (Fsp3) is 0.618. The van der Waals surface area contributed by atoms with Crippen molar-refractivity contribution in [2.45, 2.75) is 89.2 Å². The molecule has 2 aromatic heterocycles. The summed E-state index contributed by atoms with van der Waals surface area (Å²) in [5.41, 5.74) is 2.72. The lowest BCUT2D eigenvalue weighted by Gasteiger charge is -2.49. The minimum atomic E-state index is -0.396. The maximum Gasteiger partial charge on any atom is 0.229 e. The molecule has 4 heterocycles. The standard InChI is InChI=1S/C34H44N6O5S/c1-21-19-39(32(42)13-22-7-11-44-12-8-22)9-10-40(21)26-14-24(15-26)33(43)38-34-37-27-6-5-23(16-30(27)46-34)25-17-35-31(36-18-25)20-45-29-4-2-3-28(29)41/h5-6,16-18,21-22,24,26,28-29,41H,2-4,7-15,19-20H2,1H3,(H,37,38,43)/t21-,24-,26+,28-,29-/m0/s1.